The number of carbonyl (C=O) groups is 1. The van der Waals surface area contributed by atoms with Crippen LogP contribution in [0, 0.1) is 35.5 Å². The fourth-order valence-electron chi connectivity index (χ4n) is 0.757. The van der Waals surface area contributed by atoms with Gasteiger partial charge in [0, 0.05) is 6.92 Å². The first-order chi connectivity index (χ1) is 8.66. The van der Waals surface area contributed by atoms with Crippen molar-refractivity contribution < 1.29 is 14.6 Å². The molecule has 0 radical (unpaired) electrons. The molecule has 0 aromatic rings. The predicted molar refractivity (Wildman–Crippen MR) is 69.9 cm³/mol. The minimum Gasteiger partial charge on any atom is -0.463 e. The molecule has 0 bridgehead atoms. The van der Waals surface area contributed by atoms with E-state index in [0.717, 1.165) is 0 Å². The molecule has 0 aromatic heterocycles. The van der Waals surface area contributed by atoms with Crippen LogP contribution in [0.1, 0.15) is 13.8 Å². The van der Waals surface area contributed by atoms with Gasteiger partial charge in [-0.25, -0.2) is 0 Å². The molecule has 3 nitrogen and oxygen atoms in total. The van der Waals surface area contributed by atoms with Gasteiger partial charge in [-0.05, 0) is 36.7 Å². The highest BCUT2D eigenvalue weighted by Gasteiger charge is 1.99. The molecule has 3 heteroatoms. The summed E-state index contributed by atoms with van der Waals surface area (Å²) in [6, 6.07) is 0. The largest absolute Gasteiger partial charge is 0.463 e. The standard InChI is InChI=1S/C15H14O3/c1-3-4-5-6-7-8-9-10-11-12-15(17)13-18-14(2)16/h9-12,15,17H,13H2,1-2H3/b10-9+,12-11+/t15-/m0/s1. The average molecular weight is 242 g/mol. The van der Waals surface area contributed by atoms with Crippen molar-refractivity contribution in [2.45, 2.75) is 20.0 Å². The van der Waals surface area contributed by atoms with Gasteiger partial charge in [-0.2, -0.15) is 0 Å². The van der Waals surface area contributed by atoms with E-state index in [1.165, 1.54) is 13.0 Å². The molecule has 92 valence electrons. The van der Waals surface area contributed by atoms with Crippen molar-refractivity contribution in [1.82, 2.24) is 0 Å². The zero-order valence-electron chi connectivity index (χ0n) is 10.4. The molecule has 0 saturated heterocycles. The smallest absolute Gasteiger partial charge is 0.302 e. The Morgan fingerprint density at radius 2 is 2.00 bits per heavy atom. The second-order valence-corrected chi connectivity index (χ2v) is 3.01. The molecule has 0 aliphatic rings. The predicted octanol–water partition coefficient (Wildman–Crippen LogP) is 1.05. The molecule has 18 heavy (non-hydrogen) atoms. The van der Waals surface area contributed by atoms with E-state index in [1.54, 1.807) is 25.2 Å². The third kappa shape index (κ3) is 11.7. The van der Waals surface area contributed by atoms with Crippen LogP contribution in [0.4, 0.5) is 0 Å². The molecule has 0 rings (SSSR count). The van der Waals surface area contributed by atoms with Crippen LogP contribution >= 0.6 is 0 Å². The molecule has 1 atom stereocenters. The number of esters is 1. The Bertz CT molecular complexity index is 493. The van der Waals surface area contributed by atoms with Gasteiger partial charge >= 0.3 is 5.97 Å². The van der Waals surface area contributed by atoms with E-state index in [2.05, 4.69) is 40.3 Å². The molecule has 0 fully saturated rings. The molecule has 1 N–H and O–H groups in total. The highest BCUT2D eigenvalue weighted by molar-refractivity contribution is 5.65. The van der Waals surface area contributed by atoms with Gasteiger partial charge in [0.25, 0.3) is 0 Å². The van der Waals surface area contributed by atoms with Crippen molar-refractivity contribution in [2.75, 3.05) is 6.61 Å². The van der Waals surface area contributed by atoms with Crippen LogP contribution in [0.5, 0.6) is 0 Å². The van der Waals surface area contributed by atoms with Gasteiger partial charge in [0.2, 0.25) is 0 Å². The summed E-state index contributed by atoms with van der Waals surface area (Å²) in [6.45, 7) is 2.94. The Morgan fingerprint density at radius 3 is 2.67 bits per heavy atom. The second kappa shape index (κ2) is 11.1. The number of allylic oxidation sites excluding steroid dienone is 3. The maximum atomic E-state index is 10.5. The fourth-order valence-corrected chi connectivity index (χ4v) is 0.757. The van der Waals surface area contributed by atoms with Crippen LogP contribution in [0.15, 0.2) is 24.3 Å². The summed E-state index contributed by atoms with van der Waals surface area (Å²) in [5, 5.41) is 9.33. The number of aliphatic hydroxyl groups is 1. The van der Waals surface area contributed by atoms with Crippen LogP contribution in [0.3, 0.4) is 0 Å². The molecule has 0 aliphatic carbocycles. The topological polar surface area (TPSA) is 46.5 Å². The first-order valence-electron chi connectivity index (χ1n) is 5.24. The molecular formula is C15H14O3. The van der Waals surface area contributed by atoms with E-state index in [-0.39, 0.29) is 6.61 Å². The molecule has 0 amide bonds. The summed E-state index contributed by atoms with van der Waals surface area (Å²) >= 11 is 0. The third-order valence-corrected chi connectivity index (χ3v) is 1.47. The minimum absolute atomic E-state index is 0.0491. The Morgan fingerprint density at radius 1 is 1.28 bits per heavy atom. The van der Waals surface area contributed by atoms with Gasteiger partial charge in [0.05, 0.1) is 0 Å². The van der Waals surface area contributed by atoms with Crippen molar-refractivity contribution in [1.29, 1.82) is 0 Å². The SMILES string of the molecule is CC#CC#CC#C/C=C/C=C/[C@H](O)COC(C)=O. The van der Waals surface area contributed by atoms with E-state index < -0.39 is 12.1 Å². The van der Waals surface area contributed by atoms with Crippen LogP contribution in [0.25, 0.3) is 0 Å². The number of carbonyl (C=O) groups excluding carboxylic acids is 1. The summed E-state index contributed by atoms with van der Waals surface area (Å²) < 4.78 is 4.61. The third-order valence-electron chi connectivity index (χ3n) is 1.47. The lowest BCUT2D eigenvalue weighted by atomic mass is 10.3. The van der Waals surface area contributed by atoms with Crippen molar-refractivity contribution in [3.8, 4) is 35.5 Å². The van der Waals surface area contributed by atoms with Gasteiger partial charge < -0.3 is 9.84 Å². The molecule has 0 aromatic carbocycles. The summed E-state index contributed by atoms with van der Waals surface area (Å²) in [5.41, 5.74) is 0. The molecule has 0 unspecified atom stereocenters. The van der Waals surface area contributed by atoms with E-state index >= 15 is 0 Å². The molecule has 0 saturated carbocycles. The molecule has 0 spiro atoms. The number of hydrogen-bond donors (Lipinski definition) is 1. The lowest BCUT2D eigenvalue weighted by molar-refractivity contribution is -0.143. The number of aliphatic hydroxyl groups excluding tert-OH is 1. The summed E-state index contributed by atoms with van der Waals surface area (Å²) in [4.78, 5) is 10.5. The van der Waals surface area contributed by atoms with Gasteiger partial charge in [0.15, 0.2) is 0 Å². The van der Waals surface area contributed by atoms with Crippen molar-refractivity contribution in [2.24, 2.45) is 0 Å². The van der Waals surface area contributed by atoms with Crippen LogP contribution in [-0.2, 0) is 9.53 Å². The normalized spacial score (nSPS) is 10.6. The fraction of sp³-hybridized carbons (Fsp3) is 0.267. The summed E-state index contributed by atoms with van der Waals surface area (Å²) in [6.07, 6.45) is 5.53. The summed E-state index contributed by atoms with van der Waals surface area (Å²) in [5.74, 6) is 15.1. The molecule has 0 heterocycles. The Balaban J connectivity index is 3.97. The van der Waals surface area contributed by atoms with E-state index in [9.17, 15) is 9.90 Å². The van der Waals surface area contributed by atoms with Crippen LogP contribution in [0.2, 0.25) is 0 Å². The molecule has 0 aliphatic heterocycles. The van der Waals surface area contributed by atoms with Crippen LogP contribution < -0.4 is 0 Å². The van der Waals surface area contributed by atoms with Gasteiger partial charge in [-0.1, -0.05) is 30.1 Å². The van der Waals surface area contributed by atoms with E-state index in [1.807, 2.05) is 0 Å². The second-order valence-electron chi connectivity index (χ2n) is 3.01. The monoisotopic (exact) mass is 242 g/mol. The van der Waals surface area contributed by atoms with Crippen molar-refractivity contribution >= 4 is 5.97 Å². The highest BCUT2D eigenvalue weighted by atomic mass is 16.5. The number of hydrogen-bond acceptors (Lipinski definition) is 3. The first-order valence-corrected chi connectivity index (χ1v) is 5.24. The zero-order chi connectivity index (χ0) is 13.6. The van der Waals surface area contributed by atoms with Gasteiger partial charge in [-0.3, -0.25) is 4.79 Å². The Labute approximate surface area is 108 Å². The molecular weight excluding hydrogens is 228 g/mol. The van der Waals surface area contributed by atoms with Crippen molar-refractivity contribution in [3.63, 3.8) is 0 Å². The number of rotatable bonds is 4. The summed E-state index contributed by atoms with van der Waals surface area (Å²) in [7, 11) is 0. The zero-order valence-corrected chi connectivity index (χ0v) is 10.4. The quantitative estimate of drug-likeness (QED) is 0.455. The Kier molecular flexibility index (Phi) is 9.60. The maximum Gasteiger partial charge on any atom is 0.302 e. The van der Waals surface area contributed by atoms with Gasteiger partial charge in [0.1, 0.15) is 12.7 Å². The van der Waals surface area contributed by atoms with E-state index in [4.69, 9.17) is 0 Å². The van der Waals surface area contributed by atoms with Crippen LogP contribution in [-0.4, -0.2) is 23.8 Å². The first kappa shape index (κ1) is 15.6. The lowest BCUT2D eigenvalue weighted by Gasteiger charge is -2.03. The van der Waals surface area contributed by atoms with Crippen molar-refractivity contribution in [3.05, 3.63) is 24.3 Å². The minimum atomic E-state index is -0.814. The Hall–Kier alpha value is -2.41. The number of ether oxygens (including phenoxy) is 1. The van der Waals surface area contributed by atoms with Gasteiger partial charge in [-0.15, -0.1) is 0 Å². The average Bonchev–Trinajstić information content (AvgIpc) is 2.34. The maximum absolute atomic E-state index is 10.5. The highest BCUT2D eigenvalue weighted by Crippen LogP contribution is 1.89. The lowest BCUT2D eigenvalue weighted by Crippen LogP contribution is -2.14. The van der Waals surface area contributed by atoms with E-state index in [0.29, 0.717) is 0 Å².